The first-order valence-electron chi connectivity index (χ1n) is 7.20. The molecule has 0 aliphatic rings. The van der Waals surface area contributed by atoms with Gasteiger partial charge in [-0.25, -0.2) is 0 Å². The summed E-state index contributed by atoms with van der Waals surface area (Å²) in [7, 11) is 0. The lowest BCUT2D eigenvalue weighted by Crippen LogP contribution is -3.14. The molecule has 4 heteroatoms. The predicted octanol–water partition coefficient (Wildman–Crippen LogP) is -1.05. The summed E-state index contributed by atoms with van der Waals surface area (Å²) in [5, 5.41) is 3.06. The maximum atomic E-state index is 12.1. The quantitative estimate of drug-likeness (QED) is 0.690. The molecule has 0 radical (unpaired) electrons. The molecule has 1 rings (SSSR count). The number of carbonyl (C=O) groups is 1. The number of benzene rings is 1. The number of hydrogen-bond donors (Lipinski definition) is 2. The third-order valence-electron chi connectivity index (χ3n) is 3.84. The van der Waals surface area contributed by atoms with Crippen molar-refractivity contribution < 1.29 is 22.1 Å². The summed E-state index contributed by atoms with van der Waals surface area (Å²) >= 11 is 0. The van der Waals surface area contributed by atoms with Crippen molar-refractivity contribution in [3.8, 4) is 0 Å². The molecule has 0 aromatic heterocycles. The summed E-state index contributed by atoms with van der Waals surface area (Å²) in [6.45, 7) is 12.7. The van der Waals surface area contributed by atoms with Gasteiger partial charge in [-0.1, -0.05) is 18.2 Å². The Morgan fingerprint density at radius 1 is 1.20 bits per heavy atom. The van der Waals surface area contributed by atoms with Gasteiger partial charge in [-0.05, 0) is 45.7 Å². The lowest BCUT2D eigenvalue weighted by molar-refractivity contribution is -0.919. The van der Waals surface area contributed by atoms with Crippen molar-refractivity contribution in [3.63, 3.8) is 0 Å². The zero-order valence-corrected chi connectivity index (χ0v) is 14.0. The zero-order chi connectivity index (χ0) is 14.4. The lowest BCUT2D eigenvalue weighted by Gasteiger charge is -2.23. The lowest BCUT2D eigenvalue weighted by atomic mass is 10.1. The Morgan fingerprint density at radius 2 is 1.70 bits per heavy atom. The van der Waals surface area contributed by atoms with Crippen molar-refractivity contribution in [2.45, 2.75) is 47.1 Å². The molecule has 20 heavy (non-hydrogen) atoms. The predicted molar refractivity (Wildman–Crippen MR) is 80.7 cm³/mol. The maximum absolute atomic E-state index is 12.1. The summed E-state index contributed by atoms with van der Waals surface area (Å²) in [6, 6.07) is 6.44. The van der Waals surface area contributed by atoms with E-state index in [9.17, 15) is 4.79 Å². The summed E-state index contributed by atoms with van der Waals surface area (Å²) in [4.78, 5) is 13.6. The van der Waals surface area contributed by atoms with E-state index in [1.165, 1.54) is 4.90 Å². The number of aryl methyl sites for hydroxylation is 2. The number of para-hydroxylation sites is 1. The van der Waals surface area contributed by atoms with Crippen LogP contribution >= 0.6 is 0 Å². The van der Waals surface area contributed by atoms with Crippen LogP contribution in [0.5, 0.6) is 0 Å². The van der Waals surface area contributed by atoms with Crippen LogP contribution in [-0.2, 0) is 4.79 Å². The molecule has 114 valence electrons. The minimum atomic E-state index is 0. The smallest absolute Gasteiger partial charge is 0.230 e. The minimum Gasteiger partial charge on any atom is -1.00 e. The largest absolute Gasteiger partial charge is 1.00 e. The maximum Gasteiger partial charge on any atom is 0.230 e. The van der Waals surface area contributed by atoms with Crippen molar-refractivity contribution >= 4 is 11.6 Å². The molecule has 1 aromatic carbocycles. The first-order valence-corrected chi connectivity index (χ1v) is 7.20. The Hall–Kier alpha value is -1.06. The number of amides is 1. The molecule has 0 aliphatic carbocycles. The van der Waals surface area contributed by atoms with E-state index in [2.05, 4.69) is 26.1 Å². The highest BCUT2D eigenvalue weighted by Crippen LogP contribution is 2.19. The van der Waals surface area contributed by atoms with Crippen molar-refractivity contribution in [3.05, 3.63) is 29.3 Å². The first kappa shape index (κ1) is 18.9. The number of rotatable bonds is 6. The molecule has 1 atom stereocenters. The molecule has 0 fully saturated rings. The molecular weight excluding hydrogens is 272 g/mol. The molecule has 1 amide bonds. The normalized spacial score (nSPS) is 11.9. The van der Waals surface area contributed by atoms with Crippen LogP contribution in [0.3, 0.4) is 0 Å². The molecule has 1 aromatic rings. The fourth-order valence-electron chi connectivity index (χ4n) is 2.57. The summed E-state index contributed by atoms with van der Waals surface area (Å²) in [5.41, 5.74) is 3.21. The van der Waals surface area contributed by atoms with Crippen LogP contribution in [0.15, 0.2) is 18.2 Å². The second kappa shape index (κ2) is 8.98. The molecule has 2 N–H and O–H groups in total. The molecule has 0 heterocycles. The zero-order valence-electron chi connectivity index (χ0n) is 13.2. The highest BCUT2D eigenvalue weighted by atomic mass is 35.5. The standard InChI is InChI=1S/C16H26N2O.ClH/c1-6-18(7-2)14(5)11-15(19)17-16-12(3)9-8-10-13(16)4;/h8-10,14H,6-7,11H2,1-5H3,(H,17,19);1H. The molecule has 0 bridgehead atoms. The Balaban J connectivity index is 0.00000361. The average Bonchev–Trinajstić information content (AvgIpc) is 2.35. The highest BCUT2D eigenvalue weighted by molar-refractivity contribution is 5.92. The molecule has 3 nitrogen and oxygen atoms in total. The number of carbonyl (C=O) groups excluding carboxylic acids is 1. The first-order chi connectivity index (χ1) is 8.99. The van der Waals surface area contributed by atoms with Gasteiger partial charge in [-0.15, -0.1) is 0 Å². The second-order valence-corrected chi connectivity index (χ2v) is 5.29. The molecular formula is C16H27ClN2O. The van der Waals surface area contributed by atoms with Crippen LogP contribution in [0.4, 0.5) is 5.69 Å². The van der Waals surface area contributed by atoms with Gasteiger partial charge in [0.15, 0.2) is 0 Å². The molecule has 0 saturated carbocycles. The van der Waals surface area contributed by atoms with Gasteiger partial charge in [0.25, 0.3) is 0 Å². The van der Waals surface area contributed by atoms with Gasteiger partial charge in [0.2, 0.25) is 5.91 Å². The average molecular weight is 299 g/mol. The fourth-order valence-corrected chi connectivity index (χ4v) is 2.57. The molecule has 1 unspecified atom stereocenters. The van der Waals surface area contributed by atoms with E-state index in [-0.39, 0.29) is 18.3 Å². The van der Waals surface area contributed by atoms with Gasteiger partial charge in [0, 0.05) is 5.69 Å². The van der Waals surface area contributed by atoms with Crippen molar-refractivity contribution in [1.29, 1.82) is 0 Å². The number of hydrogen-bond acceptors (Lipinski definition) is 1. The third-order valence-corrected chi connectivity index (χ3v) is 3.84. The van der Waals surface area contributed by atoms with Gasteiger partial charge < -0.3 is 22.6 Å². The van der Waals surface area contributed by atoms with E-state index in [1.54, 1.807) is 0 Å². The van der Waals surface area contributed by atoms with Gasteiger partial charge >= 0.3 is 0 Å². The Labute approximate surface area is 129 Å². The van der Waals surface area contributed by atoms with Crippen molar-refractivity contribution in [2.75, 3.05) is 18.4 Å². The van der Waals surface area contributed by atoms with Crippen LogP contribution in [0.2, 0.25) is 0 Å². The molecule has 0 aliphatic heterocycles. The summed E-state index contributed by atoms with van der Waals surface area (Å²) in [5.74, 6) is 0.115. The van der Waals surface area contributed by atoms with E-state index in [0.29, 0.717) is 12.5 Å². The van der Waals surface area contributed by atoms with E-state index < -0.39 is 0 Å². The monoisotopic (exact) mass is 298 g/mol. The van der Waals surface area contributed by atoms with E-state index >= 15 is 0 Å². The number of halogens is 1. The van der Waals surface area contributed by atoms with Crippen LogP contribution in [0.1, 0.15) is 38.3 Å². The van der Waals surface area contributed by atoms with Gasteiger partial charge in [0.1, 0.15) is 0 Å². The van der Waals surface area contributed by atoms with Crippen molar-refractivity contribution in [1.82, 2.24) is 0 Å². The van der Waals surface area contributed by atoms with Gasteiger partial charge in [-0.2, -0.15) is 0 Å². The highest BCUT2D eigenvalue weighted by Gasteiger charge is 2.18. The van der Waals surface area contributed by atoms with Crippen LogP contribution in [0.25, 0.3) is 0 Å². The topological polar surface area (TPSA) is 33.5 Å². The van der Waals surface area contributed by atoms with E-state index in [4.69, 9.17) is 0 Å². The summed E-state index contributed by atoms with van der Waals surface area (Å²) in [6.07, 6.45) is 0.574. The van der Waals surface area contributed by atoms with E-state index in [1.807, 2.05) is 32.0 Å². The van der Waals surface area contributed by atoms with Crippen molar-refractivity contribution in [2.24, 2.45) is 0 Å². The third kappa shape index (κ3) is 5.14. The molecule has 0 saturated heterocycles. The Kier molecular flexibility index (Phi) is 8.51. The van der Waals surface area contributed by atoms with Gasteiger partial charge in [0.05, 0.1) is 25.6 Å². The second-order valence-electron chi connectivity index (χ2n) is 5.29. The van der Waals surface area contributed by atoms with Gasteiger partial charge in [-0.3, -0.25) is 4.79 Å². The molecule has 0 spiro atoms. The van der Waals surface area contributed by atoms with E-state index in [0.717, 1.165) is 29.9 Å². The van der Waals surface area contributed by atoms with Crippen LogP contribution < -0.4 is 22.6 Å². The Morgan fingerprint density at radius 3 is 2.15 bits per heavy atom. The minimum absolute atomic E-state index is 0. The summed E-state index contributed by atoms with van der Waals surface area (Å²) < 4.78 is 0. The Bertz CT molecular complexity index is 410. The van der Waals surface area contributed by atoms with Crippen LogP contribution in [0, 0.1) is 13.8 Å². The SMILES string of the molecule is CC[NH+](CC)C(C)CC(=O)Nc1c(C)cccc1C.[Cl-]. The number of quaternary nitrogens is 1. The fraction of sp³-hybridized carbons (Fsp3) is 0.562. The number of anilines is 1. The number of nitrogens with one attached hydrogen (secondary N) is 2. The van der Waals surface area contributed by atoms with Crippen LogP contribution in [-0.4, -0.2) is 25.0 Å².